The van der Waals surface area contributed by atoms with Gasteiger partial charge in [-0.3, -0.25) is 0 Å². The van der Waals surface area contributed by atoms with Crippen molar-refractivity contribution >= 4 is 15.9 Å². The van der Waals surface area contributed by atoms with Gasteiger partial charge in [0.05, 0.1) is 6.10 Å². The topological polar surface area (TPSA) is 20.2 Å². The molecule has 2 heteroatoms. The van der Waals surface area contributed by atoms with E-state index in [0.29, 0.717) is 0 Å². The van der Waals surface area contributed by atoms with Crippen LogP contribution < -0.4 is 0 Å². The maximum atomic E-state index is 9.16. The molecular formula is C8H15BrO. The molecule has 0 saturated heterocycles. The molecule has 1 unspecified atom stereocenters. The molecule has 0 saturated carbocycles. The van der Waals surface area contributed by atoms with Crippen LogP contribution in [0.4, 0.5) is 0 Å². The van der Waals surface area contributed by atoms with Gasteiger partial charge in [0.1, 0.15) is 0 Å². The molecule has 0 aliphatic rings. The average Bonchev–Trinajstić information content (AvgIpc) is 1.89. The fraction of sp³-hybridized carbons (Fsp3) is 0.750. The fourth-order valence-corrected chi connectivity index (χ4v) is 1.14. The van der Waals surface area contributed by atoms with Crippen LogP contribution in [0.2, 0.25) is 0 Å². The number of unbranched alkanes of at least 4 members (excludes halogenated alkanes) is 2. The fourth-order valence-electron chi connectivity index (χ4n) is 0.784. The minimum Gasteiger partial charge on any atom is -0.389 e. The first-order chi connectivity index (χ1) is 4.81. The van der Waals surface area contributed by atoms with Crippen molar-refractivity contribution in [3.8, 4) is 0 Å². The summed E-state index contributed by atoms with van der Waals surface area (Å²) in [5, 5.41) is 9.16. The van der Waals surface area contributed by atoms with Gasteiger partial charge in [-0.2, -0.15) is 0 Å². The van der Waals surface area contributed by atoms with E-state index in [0.717, 1.165) is 12.8 Å². The minimum absolute atomic E-state index is 0.258. The molecule has 0 aliphatic carbocycles. The van der Waals surface area contributed by atoms with E-state index < -0.39 is 0 Å². The van der Waals surface area contributed by atoms with Crippen LogP contribution in [-0.2, 0) is 0 Å². The van der Waals surface area contributed by atoms with Crippen LogP contribution >= 0.6 is 15.9 Å². The Morgan fingerprint density at radius 3 is 2.70 bits per heavy atom. The highest BCUT2D eigenvalue weighted by atomic mass is 79.9. The van der Waals surface area contributed by atoms with E-state index in [-0.39, 0.29) is 6.10 Å². The molecule has 0 aromatic carbocycles. The van der Waals surface area contributed by atoms with E-state index in [1.165, 1.54) is 12.8 Å². The van der Waals surface area contributed by atoms with Crippen LogP contribution in [0.1, 0.15) is 32.6 Å². The first kappa shape index (κ1) is 10.2. The second-order valence-corrected chi connectivity index (χ2v) is 2.91. The average molecular weight is 207 g/mol. The van der Waals surface area contributed by atoms with Gasteiger partial charge in [-0.1, -0.05) is 42.1 Å². The summed E-state index contributed by atoms with van der Waals surface area (Å²) in [4.78, 5) is 1.71. The summed E-state index contributed by atoms with van der Waals surface area (Å²) in [6.07, 6.45) is 5.93. The molecule has 0 aromatic rings. The molecule has 1 N–H and O–H groups in total. The number of hydrogen-bond acceptors (Lipinski definition) is 1. The van der Waals surface area contributed by atoms with E-state index in [1.54, 1.807) is 11.1 Å². The predicted octanol–water partition coefficient (Wildman–Crippen LogP) is 2.84. The van der Waals surface area contributed by atoms with Crippen LogP contribution in [0.15, 0.2) is 11.1 Å². The van der Waals surface area contributed by atoms with Crippen LogP contribution in [0.25, 0.3) is 0 Å². The summed E-state index contributed by atoms with van der Waals surface area (Å²) >= 11 is 3.12. The van der Waals surface area contributed by atoms with E-state index in [9.17, 15) is 0 Å². The quantitative estimate of drug-likeness (QED) is 0.687. The van der Waals surface area contributed by atoms with Crippen LogP contribution in [-0.4, -0.2) is 11.2 Å². The van der Waals surface area contributed by atoms with Gasteiger partial charge in [-0.15, -0.1) is 0 Å². The van der Waals surface area contributed by atoms with Gasteiger partial charge in [0.25, 0.3) is 0 Å². The lowest BCUT2D eigenvalue weighted by Gasteiger charge is -2.02. The smallest absolute Gasteiger partial charge is 0.0728 e. The van der Waals surface area contributed by atoms with Crippen molar-refractivity contribution in [3.63, 3.8) is 0 Å². The Hall–Kier alpha value is 0.180. The Balaban J connectivity index is 3.13. The molecule has 0 rings (SSSR count). The van der Waals surface area contributed by atoms with Crippen molar-refractivity contribution < 1.29 is 5.11 Å². The van der Waals surface area contributed by atoms with E-state index >= 15 is 0 Å². The van der Waals surface area contributed by atoms with E-state index in [2.05, 4.69) is 22.9 Å². The summed E-state index contributed by atoms with van der Waals surface area (Å²) < 4.78 is 0. The Kier molecular flexibility index (Phi) is 7.42. The van der Waals surface area contributed by atoms with Crippen molar-refractivity contribution in [3.05, 3.63) is 11.1 Å². The van der Waals surface area contributed by atoms with Gasteiger partial charge < -0.3 is 5.11 Å². The number of aliphatic hydroxyl groups excluding tert-OH is 1. The molecule has 1 nitrogen and oxygen atoms in total. The molecule has 0 amide bonds. The largest absolute Gasteiger partial charge is 0.389 e. The number of hydrogen-bond donors (Lipinski definition) is 1. The van der Waals surface area contributed by atoms with Crippen molar-refractivity contribution in [2.24, 2.45) is 0 Å². The molecule has 0 aromatic heterocycles. The Bertz CT molecular complexity index is 91.3. The standard InChI is InChI=1S/C8H15BrO/c1-2-3-4-5-8(10)6-7-9/h6-8,10H,2-5H2,1H3. The highest BCUT2D eigenvalue weighted by Gasteiger charge is 1.96. The SMILES string of the molecule is CCCCCC(O)C=CBr. The first-order valence-corrected chi connectivity index (χ1v) is 4.67. The third-order valence-electron chi connectivity index (χ3n) is 1.40. The van der Waals surface area contributed by atoms with Crippen molar-refractivity contribution in [2.75, 3.05) is 0 Å². The molecular weight excluding hydrogens is 192 g/mol. The highest BCUT2D eigenvalue weighted by Crippen LogP contribution is 2.04. The van der Waals surface area contributed by atoms with Gasteiger partial charge in [-0.25, -0.2) is 0 Å². The molecule has 60 valence electrons. The van der Waals surface area contributed by atoms with Gasteiger partial charge in [0, 0.05) is 0 Å². The van der Waals surface area contributed by atoms with Crippen LogP contribution in [0.5, 0.6) is 0 Å². The van der Waals surface area contributed by atoms with Crippen molar-refractivity contribution in [1.29, 1.82) is 0 Å². The maximum Gasteiger partial charge on any atom is 0.0728 e. The number of aliphatic hydroxyl groups is 1. The molecule has 10 heavy (non-hydrogen) atoms. The number of halogens is 1. The van der Waals surface area contributed by atoms with Crippen LogP contribution in [0, 0.1) is 0 Å². The molecule has 0 spiro atoms. The van der Waals surface area contributed by atoms with Gasteiger partial charge in [0.15, 0.2) is 0 Å². The van der Waals surface area contributed by atoms with E-state index in [4.69, 9.17) is 5.11 Å². The second-order valence-electron chi connectivity index (χ2n) is 2.38. The molecule has 0 aliphatic heterocycles. The Morgan fingerprint density at radius 1 is 1.50 bits per heavy atom. The minimum atomic E-state index is -0.258. The zero-order valence-corrected chi connectivity index (χ0v) is 7.97. The normalized spacial score (nSPS) is 14.3. The Morgan fingerprint density at radius 2 is 2.20 bits per heavy atom. The third kappa shape index (κ3) is 6.30. The predicted molar refractivity (Wildman–Crippen MR) is 48.2 cm³/mol. The first-order valence-electron chi connectivity index (χ1n) is 3.76. The van der Waals surface area contributed by atoms with Crippen molar-refractivity contribution in [2.45, 2.75) is 38.7 Å². The van der Waals surface area contributed by atoms with Gasteiger partial charge in [-0.05, 0) is 17.5 Å². The highest BCUT2D eigenvalue weighted by molar-refractivity contribution is 9.11. The maximum absolute atomic E-state index is 9.16. The molecule has 0 heterocycles. The lowest BCUT2D eigenvalue weighted by atomic mass is 10.1. The van der Waals surface area contributed by atoms with Gasteiger partial charge >= 0.3 is 0 Å². The summed E-state index contributed by atoms with van der Waals surface area (Å²) in [6.45, 7) is 2.16. The monoisotopic (exact) mass is 206 g/mol. The zero-order valence-electron chi connectivity index (χ0n) is 6.39. The molecule has 0 fully saturated rings. The molecule has 0 bridgehead atoms. The van der Waals surface area contributed by atoms with Crippen LogP contribution in [0.3, 0.4) is 0 Å². The summed E-state index contributed by atoms with van der Waals surface area (Å²) in [7, 11) is 0. The summed E-state index contributed by atoms with van der Waals surface area (Å²) in [6, 6.07) is 0. The van der Waals surface area contributed by atoms with Crippen molar-refractivity contribution in [1.82, 2.24) is 0 Å². The molecule has 1 atom stereocenters. The van der Waals surface area contributed by atoms with Gasteiger partial charge in [0.2, 0.25) is 0 Å². The third-order valence-corrected chi connectivity index (χ3v) is 1.70. The second kappa shape index (κ2) is 7.29. The number of rotatable bonds is 5. The molecule has 0 radical (unpaired) electrons. The van der Waals surface area contributed by atoms with E-state index in [1.807, 2.05) is 0 Å². The lowest BCUT2D eigenvalue weighted by molar-refractivity contribution is 0.208. The lowest BCUT2D eigenvalue weighted by Crippen LogP contribution is -2.00. The summed E-state index contributed by atoms with van der Waals surface area (Å²) in [5.74, 6) is 0. The summed E-state index contributed by atoms with van der Waals surface area (Å²) in [5.41, 5.74) is 0. The Labute approximate surface area is 71.3 Å². The zero-order chi connectivity index (χ0) is 7.82.